The van der Waals surface area contributed by atoms with E-state index in [1.165, 1.54) is 39.7 Å². The number of likely N-dealkylation sites (N-methyl/N-ethyl adjacent to an activating group) is 1. The van der Waals surface area contributed by atoms with Crippen molar-refractivity contribution in [2.45, 2.75) is 46.2 Å². The Hall–Kier alpha value is -1.45. The molecule has 3 rings (SSSR count). The maximum absolute atomic E-state index is 5.06. The molecular formula is C19H27N3. The van der Waals surface area contributed by atoms with Crippen molar-refractivity contribution in [2.75, 3.05) is 20.1 Å². The molecule has 1 aromatic heterocycles. The van der Waals surface area contributed by atoms with Crippen LogP contribution in [0.1, 0.15) is 42.7 Å². The minimum Gasteiger partial charge on any atom is -0.313 e. The van der Waals surface area contributed by atoms with Crippen LogP contribution in [-0.2, 0) is 25.9 Å². The van der Waals surface area contributed by atoms with Crippen molar-refractivity contribution in [3.63, 3.8) is 0 Å². The normalized spacial score (nSPS) is 15.2. The molecule has 0 amide bonds. The number of hydrogen-bond donors (Lipinski definition) is 1. The second kappa shape index (κ2) is 6.76. The summed E-state index contributed by atoms with van der Waals surface area (Å²) >= 11 is 0. The Morgan fingerprint density at radius 3 is 2.91 bits per heavy atom. The van der Waals surface area contributed by atoms with E-state index in [4.69, 9.17) is 4.98 Å². The Morgan fingerprint density at radius 1 is 1.27 bits per heavy atom. The van der Waals surface area contributed by atoms with Gasteiger partial charge in [-0.1, -0.05) is 32.0 Å². The Balaban J connectivity index is 2.15. The Kier molecular flexibility index (Phi) is 4.74. The molecule has 0 atom stereocenters. The number of aromatic nitrogens is 1. The summed E-state index contributed by atoms with van der Waals surface area (Å²) in [5.41, 5.74) is 6.84. The van der Waals surface area contributed by atoms with E-state index in [1.54, 1.807) is 0 Å². The monoisotopic (exact) mass is 297 g/mol. The fourth-order valence-electron chi connectivity index (χ4n) is 3.42. The van der Waals surface area contributed by atoms with Gasteiger partial charge in [0.1, 0.15) is 0 Å². The molecule has 0 spiro atoms. The number of pyridine rings is 1. The number of nitrogens with zero attached hydrogens (tertiary/aromatic N) is 2. The fourth-order valence-corrected chi connectivity index (χ4v) is 3.42. The molecule has 0 saturated heterocycles. The summed E-state index contributed by atoms with van der Waals surface area (Å²) in [6, 6.07) is 6.66. The van der Waals surface area contributed by atoms with Gasteiger partial charge in [-0.15, -0.1) is 0 Å². The number of nitrogens with one attached hydrogen (secondary N) is 1. The SMILES string of the molecule is CCCNCc1c2c(nc3c(CC)cccc13)CCN(C)C2. The highest BCUT2D eigenvalue weighted by Gasteiger charge is 2.21. The Bertz CT molecular complexity index is 663. The van der Waals surface area contributed by atoms with Crippen molar-refractivity contribution < 1.29 is 0 Å². The molecule has 0 fully saturated rings. The summed E-state index contributed by atoms with van der Waals surface area (Å²) in [7, 11) is 2.21. The second-order valence-corrected chi connectivity index (χ2v) is 6.35. The lowest BCUT2D eigenvalue weighted by Gasteiger charge is -2.28. The lowest BCUT2D eigenvalue weighted by Crippen LogP contribution is -2.29. The quantitative estimate of drug-likeness (QED) is 0.858. The minimum atomic E-state index is 0.955. The van der Waals surface area contributed by atoms with E-state index in [-0.39, 0.29) is 0 Å². The van der Waals surface area contributed by atoms with Gasteiger partial charge in [0, 0.05) is 37.1 Å². The number of hydrogen-bond acceptors (Lipinski definition) is 3. The van der Waals surface area contributed by atoms with E-state index in [9.17, 15) is 0 Å². The number of aryl methyl sites for hydroxylation is 1. The molecule has 0 bridgehead atoms. The number of benzene rings is 1. The molecule has 22 heavy (non-hydrogen) atoms. The smallest absolute Gasteiger partial charge is 0.0740 e. The van der Waals surface area contributed by atoms with Crippen molar-refractivity contribution in [1.82, 2.24) is 15.2 Å². The van der Waals surface area contributed by atoms with E-state index in [0.29, 0.717) is 0 Å². The second-order valence-electron chi connectivity index (χ2n) is 6.35. The third kappa shape index (κ3) is 2.88. The van der Waals surface area contributed by atoms with Gasteiger partial charge in [0.2, 0.25) is 0 Å². The van der Waals surface area contributed by atoms with E-state index in [0.717, 1.165) is 39.0 Å². The van der Waals surface area contributed by atoms with Gasteiger partial charge in [-0.25, -0.2) is 0 Å². The van der Waals surface area contributed by atoms with E-state index >= 15 is 0 Å². The summed E-state index contributed by atoms with van der Waals surface area (Å²) < 4.78 is 0. The average Bonchev–Trinajstić information content (AvgIpc) is 2.54. The molecule has 2 heterocycles. The number of fused-ring (bicyclic) bond motifs is 2. The van der Waals surface area contributed by atoms with E-state index in [2.05, 4.69) is 49.3 Å². The third-order valence-corrected chi connectivity index (χ3v) is 4.67. The molecule has 1 aliphatic rings. The van der Waals surface area contributed by atoms with E-state index in [1.807, 2.05) is 0 Å². The third-order valence-electron chi connectivity index (χ3n) is 4.67. The molecule has 0 radical (unpaired) electrons. The topological polar surface area (TPSA) is 28.2 Å². The van der Waals surface area contributed by atoms with Crippen LogP contribution in [-0.4, -0.2) is 30.0 Å². The first-order chi connectivity index (χ1) is 10.7. The van der Waals surface area contributed by atoms with Gasteiger partial charge in [0.25, 0.3) is 0 Å². The van der Waals surface area contributed by atoms with E-state index < -0.39 is 0 Å². The van der Waals surface area contributed by atoms with Crippen LogP contribution in [0.25, 0.3) is 10.9 Å². The molecule has 1 aromatic carbocycles. The Morgan fingerprint density at radius 2 is 2.14 bits per heavy atom. The highest BCUT2D eigenvalue weighted by atomic mass is 15.1. The molecule has 3 heteroatoms. The predicted octanol–water partition coefficient (Wildman–Crippen LogP) is 3.28. The molecule has 118 valence electrons. The van der Waals surface area contributed by atoms with Crippen LogP contribution >= 0.6 is 0 Å². The number of para-hydroxylation sites is 1. The van der Waals surface area contributed by atoms with Crippen molar-refractivity contribution >= 4 is 10.9 Å². The molecule has 0 unspecified atom stereocenters. The summed E-state index contributed by atoms with van der Waals surface area (Å²) in [6.07, 6.45) is 3.29. The van der Waals surface area contributed by atoms with Gasteiger partial charge in [-0.2, -0.15) is 0 Å². The first-order valence-electron chi connectivity index (χ1n) is 8.56. The zero-order chi connectivity index (χ0) is 15.5. The zero-order valence-corrected chi connectivity index (χ0v) is 14.1. The van der Waals surface area contributed by atoms with Crippen LogP contribution in [0, 0.1) is 0 Å². The summed E-state index contributed by atoms with van der Waals surface area (Å²) in [4.78, 5) is 7.46. The highest BCUT2D eigenvalue weighted by Crippen LogP contribution is 2.29. The van der Waals surface area contributed by atoms with Gasteiger partial charge in [-0.05, 0) is 43.1 Å². The van der Waals surface area contributed by atoms with Gasteiger partial charge < -0.3 is 10.2 Å². The first kappa shape index (κ1) is 15.4. The van der Waals surface area contributed by atoms with Crippen molar-refractivity contribution in [3.8, 4) is 0 Å². The molecule has 0 aliphatic carbocycles. The van der Waals surface area contributed by atoms with Crippen LogP contribution in [0.5, 0.6) is 0 Å². The van der Waals surface area contributed by atoms with Crippen LogP contribution in [0.15, 0.2) is 18.2 Å². The molecule has 1 N–H and O–H groups in total. The standard InChI is InChI=1S/C19H27N3/c1-4-10-20-12-16-15-8-6-7-14(5-2)19(15)21-18-9-11-22(3)13-17(16)18/h6-8,20H,4-5,9-13H2,1-3H3. The summed E-state index contributed by atoms with van der Waals surface area (Å²) in [5, 5.41) is 4.94. The average molecular weight is 297 g/mol. The number of rotatable bonds is 5. The molecular weight excluding hydrogens is 270 g/mol. The van der Waals surface area contributed by atoms with Gasteiger partial charge in [0.15, 0.2) is 0 Å². The molecule has 3 nitrogen and oxygen atoms in total. The van der Waals surface area contributed by atoms with Crippen molar-refractivity contribution in [2.24, 2.45) is 0 Å². The zero-order valence-electron chi connectivity index (χ0n) is 14.1. The largest absolute Gasteiger partial charge is 0.313 e. The van der Waals surface area contributed by atoms with Gasteiger partial charge >= 0.3 is 0 Å². The lowest BCUT2D eigenvalue weighted by molar-refractivity contribution is 0.308. The molecule has 0 saturated carbocycles. The molecule has 1 aliphatic heterocycles. The van der Waals surface area contributed by atoms with Crippen LogP contribution < -0.4 is 5.32 Å². The van der Waals surface area contributed by atoms with Crippen LogP contribution in [0.4, 0.5) is 0 Å². The highest BCUT2D eigenvalue weighted by molar-refractivity contribution is 5.86. The first-order valence-corrected chi connectivity index (χ1v) is 8.56. The fraction of sp³-hybridized carbons (Fsp3) is 0.526. The molecule has 2 aromatic rings. The Labute approximate surface area is 133 Å². The lowest BCUT2D eigenvalue weighted by atomic mass is 9.94. The van der Waals surface area contributed by atoms with Gasteiger partial charge in [-0.3, -0.25) is 4.98 Å². The van der Waals surface area contributed by atoms with Crippen molar-refractivity contribution in [1.29, 1.82) is 0 Å². The predicted molar refractivity (Wildman–Crippen MR) is 93.2 cm³/mol. The van der Waals surface area contributed by atoms with Gasteiger partial charge in [0.05, 0.1) is 5.52 Å². The summed E-state index contributed by atoms with van der Waals surface area (Å²) in [5.74, 6) is 0. The minimum absolute atomic E-state index is 0.955. The summed E-state index contributed by atoms with van der Waals surface area (Å²) in [6.45, 7) is 8.60. The van der Waals surface area contributed by atoms with Crippen LogP contribution in [0.2, 0.25) is 0 Å². The maximum atomic E-state index is 5.06. The maximum Gasteiger partial charge on any atom is 0.0740 e. The van der Waals surface area contributed by atoms with Crippen molar-refractivity contribution in [3.05, 3.63) is 40.6 Å². The van der Waals surface area contributed by atoms with Crippen LogP contribution in [0.3, 0.4) is 0 Å².